The van der Waals surface area contributed by atoms with Gasteiger partial charge in [0.05, 0.1) is 12.7 Å². The van der Waals surface area contributed by atoms with Crippen molar-refractivity contribution >= 4 is 29.6 Å². The van der Waals surface area contributed by atoms with E-state index in [1.807, 2.05) is 0 Å². The molecular formula is C23H30N4O7. The number of carbonyl (C=O) groups is 5. The van der Waals surface area contributed by atoms with Crippen LogP contribution in [0.15, 0.2) is 43.2 Å². The Bertz CT molecular complexity index is 1010. The van der Waals surface area contributed by atoms with Crippen molar-refractivity contribution in [2.45, 2.75) is 56.5 Å². The quantitative estimate of drug-likeness (QED) is 0.458. The molecule has 0 spiro atoms. The van der Waals surface area contributed by atoms with Crippen molar-refractivity contribution in [3.05, 3.63) is 48.7 Å². The van der Waals surface area contributed by atoms with Crippen LogP contribution in [-0.2, 0) is 28.7 Å². The SMILES string of the molecule is C=COC1OC(=O)C[C@@H]1NC(=O)[C@@H]1CCCN2C(=O)CC[C@H](NC(=O)c3ccccc3)C(=O)N12.[HH].[HH]. The van der Waals surface area contributed by atoms with Crippen LogP contribution >= 0.6 is 0 Å². The van der Waals surface area contributed by atoms with E-state index in [0.29, 0.717) is 24.9 Å². The molecule has 3 fully saturated rings. The number of amides is 4. The van der Waals surface area contributed by atoms with E-state index in [2.05, 4.69) is 17.2 Å². The van der Waals surface area contributed by atoms with Gasteiger partial charge in [-0.25, -0.2) is 5.01 Å². The van der Waals surface area contributed by atoms with E-state index >= 15 is 0 Å². The first kappa shape index (κ1) is 23.3. The Morgan fingerprint density at radius 1 is 1.15 bits per heavy atom. The maximum Gasteiger partial charge on any atom is 0.311 e. The van der Waals surface area contributed by atoms with Gasteiger partial charge in [-0.15, -0.1) is 0 Å². The van der Waals surface area contributed by atoms with Gasteiger partial charge in [-0.1, -0.05) is 24.8 Å². The molecule has 4 amide bonds. The van der Waals surface area contributed by atoms with Crippen molar-refractivity contribution in [2.75, 3.05) is 6.54 Å². The van der Waals surface area contributed by atoms with Gasteiger partial charge in [-0.05, 0) is 31.4 Å². The number of carbonyl (C=O) groups excluding carboxylic acids is 5. The normalized spacial score (nSPS) is 26.8. The molecule has 0 aromatic heterocycles. The van der Waals surface area contributed by atoms with Gasteiger partial charge in [-0.2, -0.15) is 0 Å². The fourth-order valence-corrected chi connectivity index (χ4v) is 4.39. The van der Waals surface area contributed by atoms with Gasteiger partial charge < -0.3 is 20.1 Å². The van der Waals surface area contributed by atoms with Gasteiger partial charge in [-0.3, -0.25) is 29.0 Å². The first-order valence-corrected chi connectivity index (χ1v) is 11.1. The van der Waals surface area contributed by atoms with E-state index in [9.17, 15) is 24.0 Å². The minimum Gasteiger partial charge on any atom is -0.461 e. The lowest BCUT2D eigenvalue weighted by Crippen LogP contribution is -2.64. The molecule has 184 valence electrons. The van der Waals surface area contributed by atoms with Crippen molar-refractivity contribution in [3.63, 3.8) is 0 Å². The molecule has 0 radical (unpaired) electrons. The Hall–Kier alpha value is -3.89. The number of benzene rings is 1. The number of cyclic esters (lactones) is 1. The summed E-state index contributed by atoms with van der Waals surface area (Å²) in [6.45, 7) is 3.72. The molecule has 1 unspecified atom stereocenters. The number of nitrogens with zero attached hydrogens (tertiary/aromatic N) is 2. The van der Waals surface area contributed by atoms with Crippen LogP contribution in [0.4, 0.5) is 0 Å². The highest BCUT2D eigenvalue weighted by Crippen LogP contribution is 2.26. The molecule has 2 N–H and O–H groups in total. The average molecular weight is 475 g/mol. The third-order valence-corrected chi connectivity index (χ3v) is 6.03. The van der Waals surface area contributed by atoms with Crippen LogP contribution < -0.4 is 10.6 Å². The van der Waals surface area contributed by atoms with E-state index in [4.69, 9.17) is 9.47 Å². The highest BCUT2D eigenvalue weighted by Gasteiger charge is 2.46. The number of ether oxygens (including phenoxy) is 2. The molecule has 0 aliphatic carbocycles. The van der Waals surface area contributed by atoms with Crippen LogP contribution in [0, 0.1) is 0 Å². The standard InChI is InChI=1S/C23H26N4O7.2H2/c1-2-33-23-16(13-19(29)34-23)25-21(31)17-9-6-12-26-18(28)11-10-15(22(32)27(17)26)24-20(30)14-7-4-3-5-8-14;;/h2-5,7-8,15-17,23H,1,6,9-13H2,(H,24,30)(H,25,31);2*1H/t15-,16-,17-,23?;;/m0../s1. The maximum atomic E-state index is 13.5. The van der Waals surface area contributed by atoms with E-state index in [-0.39, 0.29) is 28.0 Å². The largest absolute Gasteiger partial charge is 0.461 e. The Morgan fingerprint density at radius 2 is 1.91 bits per heavy atom. The van der Waals surface area contributed by atoms with E-state index < -0.39 is 48.1 Å². The highest BCUT2D eigenvalue weighted by molar-refractivity contribution is 5.99. The second-order valence-electron chi connectivity index (χ2n) is 8.27. The summed E-state index contributed by atoms with van der Waals surface area (Å²) in [5.74, 6) is -2.35. The van der Waals surface area contributed by atoms with E-state index in [1.54, 1.807) is 30.3 Å². The summed E-state index contributed by atoms with van der Waals surface area (Å²) in [4.78, 5) is 63.8. The second-order valence-corrected chi connectivity index (χ2v) is 8.27. The average Bonchev–Trinajstić information content (AvgIpc) is 3.13. The molecule has 4 rings (SSSR count). The lowest BCUT2D eigenvalue weighted by molar-refractivity contribution is -0.176. The molecule has 11 nitrogen and oxygen atoms in total. The van der Waals surface area contributed by atoms with Crippen molar-refractivity contribution in [3.8, 4) is 0 Å². The first-order valence-electron chi connectivity index (χ1n) is 11.1. The molecule has 11 heteroatoms. The van der Waals surface area contributed by atoms with Crippen molar-refractivity contribution in [1.82, 2.24) is 20.7 Å². The van der Waals surface area contributed by atoms with Crippen LogP contribution in [0.5, 0.6) is 0 Å². The van der Waals surface area contributed by atoms with Crippen LogP contribution in [0.25, 0.3) is 0 Å². The van der Waals surface area contributed by atoms with E-state index in [0.717, 1.165) is 11.3 Å². The number of nitrogens with one attached hydrogen (secondary N) is 2. The molecule has 3 saturated heterocycles. The maximum absolute atomic E-state index is 13.5. The van der Waals surface area contributed by atoms with Gasteiger partial charge >= 0.3 is 5.97 Å². The summed E-state index contributed by atoms with van der Waals surface area (Å²) in [6, 6.07) is 5.72. The summed E-state index contributed by atoms with van der Waals surface area (Å²) < 4.78 is 10.2. The van der Waals surface area contributed by atoms with Crippen molar-refractivity contribution < 1.29 is 36.3 Å². The molecule has 3 aliphatic heterocycles. The molecule has 1 aromatic rings. The first-order chi connectivity index (χ1) is 16.4. The molecule has 0 saturated carbocycles. The smallest absolute Gasteiger partial charge is 0.311 e. The lowest BCUT2D eigenvalue weighted by atomic mass is 10.0. The lowest BCUT2D eigenvalue weighted by Gasteiger charge is -2.43. The predicted molar refractivity (Wildman–Crippen MR) is 120 cm³/mol. The Labute approximate surface area is 199 Å². The van der Waals surface area contributed by atoms with Crippen LogP contribution in [0.1, 0.15) is 45.3 Å². The zero-order chi connectivity index (χ0) is 24.2. The van der Waals surface area contributed by atoms with Gasteiger partial charge in [0, 0.05) is 21.4 Å². The van der Waals surface area contributed by atoms with E-state index in [1.165, 1.54) is 5.01 Å². The van der Waals surface area contributed by atoms with Gasteiger partial charge in [0.15, 0.2) is 0 Å². The zero-order valence-electron chi connectivity index (χ0n) is 18.5. The number of hydrogen-bond donors (Lipinski definition) is 2. The minimum absolute atomic E-state index is 0. The number of hydrazine groups is 1. The molecule has 1 aromatic carbocycles. The zero-order valence-corrected chi connectivity index (χ0v) is 18.5. The van der Waals surface area contributed by atoms with Crippen LogP contribution in [-0.4, -0.2) is 70.6 Å². The molecule has 4 atom stereocenters. The summed E-state index contributed by atoms with van der Waals surface area (Å²) in [7, 11) is 0. The molecular weight excluding hydrogens is 444 g/mol. The van der Waals surface area contributed by atoms with Crippen LogP contribution in [0.2, 0.25) is 0 Å². The third-order valence-electron chi connectivity index (χ3n) is 6.03. The van der Waals surface area contributed by atoms with Crippen molar-refractivity contribution in [1.29, 1.82) is 0 Å². The molecule has 3 heterocycles. The number of hydrogen-bond acceptors (Lipinski definition) is 7. The van der Waals surface area contributed by atoms with Gasteiger partial charge in [0.1, 0.15) is 18.1 Å². The molecule has 0 bridgehead atoms. The van der Waals surface area contributed by atoms with Gasteiger partial charge in [0.25, 0.3) is 18.1 Å². The fraction of sp³-hybridized carbons (Fsp3) is 0.435. The molecule has 34 heavy (non-hydrogen) atoms. The number of rotatable bonds is 6. The summed E-state index contributed by atoms with van der Waals surface area (Å²) in [5.41, 5.74) is 0.384. The summed E-state index contributed by atoms with van der Waals surface area (Å²) >= 11 is 0. The third kappa shape index (κ3) is 4.73. The Morgan fingerprint density at radius 3 is 2.65 bits per heavy atom. The molecule has 3 aliphatic rings. The fourth-order valence-electron chi connectivity index (χ4n) is 4.39. The topological polar surface area (TPSA) is 134 Å². The van der Waals surface area contributed by atoms with Crippen molar-refractivity contribution in [2.24, 2.45) is 0 Å². The van der Waals surface area contributed by atoms with Crippen LogP contribution in [0.3, 0.4) is 0 Å². The summed E-state index contributed by atoms with van der Waals surface area (Å²) in [5, 5.41) is 7.86. The Balaban J connectivity index is 0.00000228. The Kier molecular flexibility index (Phi) is 6.80. The highest BCUT2D eigenvalue weighted by atomic mass is 16.7. The predicted octanol–water partition coefficient (Wildman–Crippen LogP) is 0.723. The number of fused-ring (bicyclic) bond motifs is 1. The minimum atomic E-state index is -1.02. The number of esters is 1. The second kappa shape index (κ2) is 9.94. The summed E-state index contributed by atoms with van der Waals surface area (Å²) in [6.07, 6.45) is 1.00. The van der Waals surface area contributed by atoms with Gasteiger partial charge in [0.2, 0.25) is 11.8 Å². The monoisotopic (exact) mass is 474 g/mol.